The summed E-state index contributed by atoms with van der Waals surface area (Å²) < 4.78 is 10.0. The van der Waals surface area contributed by atoms with Crippen LogP contribution < -0.4 is 16.4 Å². The van der Waals surface area contributed by atoms with Crippen molar-refractivity contribution in [3.63, 3.8) is 0 Å². The van der Waals surface area contributed by atoms with Gasteiger partial charge in [0.15, 0.2) is 0 Å². The number of nitrogens with zero attached hydrogens (tertiary/aromatic N) is 1. The van der Waals surface area contributed by atoms with Crippen molar-refractivity contribution >= 4 is 23.0 Å². The van der Waals surface area contributed by atoms with Crippen molar-refractivity contribution in [2.45, 2.75) is 45.3 Å². The highest BCUT2D eigenvalue weighted by atomic mass is 16.6. The molecule has 7 heteroatoms. The van der Waals surface area contributed by atoms with Crippen molar-refractivity contribution in [1.29, 1.82) is 0 Å². The second-order valence-electron chi connectivity index (χ2n) is 8.50. The largest absolute Gasteiger partial charge is 0.460 e. The van der Waals surface area contributed by atoms with E-state index < -0.39 is 5.97 Å². The van der Waals surface area contributed by atoms with E-state index >= 15 is 0 Å². The molecule has 32 heavy (non-hydrogen) atoms. The van der Waals surface area contributed by atoms with E-state index in [0.717, 1.165) is 31.0 Å². The highest BCUT2D eigenvalue weighted by molar-refractivity contribution is 5.92. The summed E-state index contributed by atoms with van der Waals surface area (Å²) >= 11 is 0. The molecule has 2 aromatic carbocycles. The van der Waals surface area contributed by atoms with E-state index in [1.54, 1.807) is 19.2 Å². The molecular formula is C25H36N4O3. The van der Waals surface area contributed by atoms with Crippen molar-refractivity contribution in [2.75, 3.05) is 44.5 Å². The minimum atomic E-state index is -0.408. The molecule has 0 saturated carbocycles. The Kier molecular flexibility index (Phi) is 8.90. The molecular weight excluding hydrogens is 404 g/mol. The van der Waals surface area contributed by atoms with E-state index in [9.17, 15) is 4.79 Å². The maximum absolute atomic E-state index is 12.1. The van der Waals surface area contributed by atoms with Gasteiger partial charge in [-0.15, -0.1) is 0 Å². The fourth-order valence-corrected chi connectivity index (χ4v) is 4.20. The highest BCUT2D eigenvalue weighted by Crippen LogP contribution is 2.25. The molecule has 2 unspecified atom stereocenters. The fraction of sp³-hybridized carbons (Fsp3) is 0.480. The van der Waals surface area contributed by atoms with Crippen LogP contribution in [-0.2, 0) is 16.0 Å². The molecule has 1 fully saturated rings. The SMILES string of the molecule is CCCC1CN(Cc2cccc(Nc3ccc(C(=O)OCCOC)cc3N)c2)CC(C)N1. The number of nitrogens with two attached hydrogens (primary N) is 1. The van der Waals surface area contributed by atoms with Crippen LogP contribution in [-0.4, -0.2) is 56.4 Å². The van der Waals surface area contributed by atoms with Gasteiger partial charge in [-0.2, -0.15) is 0 Å². The minimum Gasteiger partial charge on any atom is -0.460 e. The van der Waals surface area contributed by atoms with Crippen molar-refractivity contribution in [3.05, 3.63) is 53.6 Å². The molecule has 0 radical (unpaired) electrons. The maximum atomic E-state index is 12.1. The van der Waals surface area contributed by atoms with Crippen molar-refractivity contribution in [2.24, 2.45) is 0 Å². The molecule has 0 bridgehead atoms. The molecule has 3 rings (SSSR count). The number of ether oxygens (including phenoxy) is 2. The molecule has 1 aliphatic heterocycles. The average Bonchev–Trinajstić information content (AvgIpc) is 2.75. The molecule has 0 aromatic heterocycles. The number of rotatable bonds is 10. The van der Waals surface area contributed by atoms with Crippen molar-refractivity contribution < 1.29 is 14.3 Å². The first-order chi connectivity index (χ1) is 15.5. The quantitative estimate of drug-likeness (QED) is 0.294. The molecule has 0 aliphatic carbocycles. The number of nitrogen functional groups attached to an aromatic ring is 1. The Morgan fingerprint density at radius 1 is 1.22 bits per heavy atom. The molecule has 7 nitrogen and oxygen atoms in total. The third-order valence-corrected chi connectivity index (χ3v) is 5.59. The van der Waals surface area contributed by atoms with E-state index in [2.05, 4.69) is 47.6 Å². The van der Waals surface area contributed by atoms with E-state index in [4.69, 9.17) is 15.2 Å². The number of carbonyl (C=O) groups is 1. The van der Waals surface area contributed by atoms with Gasteiger partial charge in [-0.25, -0.2) is 4.79 Å². The van der Waals surface area contributed by atoms with E-state index in [1.807, 2.05) is 12.1 Å². The number of nitrogens with one attached hydrogen (secondary N) is 2. The zero-order valence-corrected chi connectivity index (χ0v) is 19.4. The number of esters is 1. The lowest BCUT2D eigenvalue weighted by Crippen LogP contribution is -2.54. The number of hydrogen-bond donors (Lipinski definition) is 3. The first kappa shape index (κ1) is 24.0. The monoisotopic (exact) mass is 440 g/mol. The lowest BCUT2D eigenvalue weighted by Gasteiger charge is -2.37. The van der Waals surface area contributed by atoms with Gasteiger partial charge in [0.05, 0.1) is 23.5 Å². The number of benzene rings is 2. The van der Waals surface area contributed by atoms with Gasteiger partial charge in [0, 0.05) is 44.5 Å². The lowest BCUT2D eigenvalue weighted by molar-refractivity contribution is 0.0388. The molecule has 1 saturated heterocycles. The fourth-order valence-electron chi connectivity index (χ4n) is 4.20. The molecule has 1 aliphatic rings. The number of hydrogen-bond acceptors (Lipinski definition) is 7. The van der Waals surface area contributed by atoms with Crippen LogP contribution in [0.2, 0.25) is 0 Å². The van der Waals surface area contributed by atoms with Crippen LogP contribution in [0.1, 0.15) is 42.6 Å². The van der Waals surface area contributed by atoms with Crippen LogP contribution in [0, 0.1) is 0 Å². The van der Waals surface area contributed by atoms with Crippen molar-refractivity contribution in [3.8, 4) is 0 Å². The van der Waals surface area contributed by atoms with Gasteiger partial charge in [0.1, 0.15) is 6.61 Å². The van der Waals surface area contributed by atoms with Gasteiger partial charge in [0.2, 0.25) is 0 Å². The van der Waals surface area contributed by atoms with Crippen LogP contribution in [0.15, 0.2) is 42.5 Å². The lowest BCUT2D eigenvalue weighted by atomic mass is 10.0. The Morgan fingerprint density at radius 2 is 2.06 bits per heavy atom. The van der Waals surface area contributed by atoms with Crippen LogP contribution >= 0.6 is 0 Å². The van der Waals surface area contributed by atoms with Crippen LogP contribution in [0.5, 0.6) is 0 Å². The second kappa shape index (κ2) is 11.9. The van der Waals surface area contributed by atoms with Gasteiger partial charge in [0.25, 0.3) is 0 Å². The van der Waals surface area contributed by atoms with E-state index in [0.29, 0.717) is 29.9 Å². The summed E-state index contributed by atoms with van der Waals surface area (Å²) in [6, 6.07) is 14.6. The van der Waals surface area contributed by atoms with Gasteiger partial charge < -0.3 is 25.8 Å². The summed E-state index contributed by atoms with van der Waals surface area (Å²) in [6.07, 6.45) is 2.40. The molecule has 2 atom stereocenters. The zero-order chi connectivity index (χ0) is 22.9. The first-order valence-electron chi connectivity index (χ1n) is 11.4. The summed E-state index contributed by atoms with van der Waals surface area (Å²) in [7, 11) is 1.56. The van der Waals surface area contributed by atoms with Gasteiger partial charge >= 0.3 is 5.97 Å². The topological polar surface area (TPSA) is 88.9 Å². The molecule has 0 spiro atoms. The number of anilines is 3. The molecule has 0 amide bonds. The average molecular weight is 441 g/mol. The third kappa shape index (κ3) is 6.95. The number of carbonyl (C=O) groups excluding carboxylic acids is 1. The minimum absolute atomic E-state index is 0.215. The Hall–Kier alpha value is -2.61. The molecule has 2 aromatic rings. The van der Waals surface area contributed by atoms with Crippen LogP contribution in [0.25, 0.3) is 0 Å². The second-order valence-corrected chi connectivity index (χ2v) is 8.50. The normalized spacial score (nSPS) is 19.0. The Morgan fingerprint density at radius 3 is 2.81 bits per heavy atom. The van der Waals surface area contributed by atoms with Crippen molar-refractivity contribution in [1.82, 2.24) is 10.2 Å². The summed E-state index contributed by atoms with van der Waals surface area (Å²) in [5.74, 6) is -0.408. The number of piperazine rings is 1. The Balaban J connectivity index is 1.62. The third-order valence-electron chi connectivity index (χ3n) is 5.59. The molecule has 174 valence electrons. The molecule has 1 heterocycles. The smallest absolute Gasteiger partial charge is 0.338 e. The zero-order valence-electron chi connectivity index (χ0n) is 19.4. The first-order valence-corrected chi connectivity index (χ1v) is 11.4. The number of methoxy groups -OCH3 is 1. The predicted molar refractivity (Wildman–Crippen MR) is 129 cm³/mol. The Labute approximate surface area is 191 Å². The summed E-state index contributed by atoms with van der Waals surface area (Å²) in [5, 5.41) is 7.08. The molecule has 4 N–H and O–H groups in total. The summed E-state index contributed by atoms with van der Waals surface area (Å²) in [6.45, 7) is 8.12. The Bertz CT molecular complexity index is 889. The predicted octanol–water partition coefficient (Wildman–Crippen LogP) is 3.78. The summed E-state index contributed by atoms with van der Waals surface area (Å²) in [4.78, 5) is 14.6. The highest BCUT2D eigenvalue weighted by Gasteiger charge is 2.23. The van der Waals surface area contributed by atoms with E-state index in [1.165, 1.54) is 18.4 Å². The maximum Gasteiger partial charge on any atom is 0.338 e. The summed E-state index contributed by atoms with van der Waals surface area (Å²) in [5.41, 5.74) is 10.1. The van der Waals surface area contributed by atoms with Gasteiger partial charge in [-0.1, -0.05) is 25.5 Å². The van der Waals surface area contributed by atoms with Gasteiger partial charge in [-0.3, -0.25) is 4.90 Å². The van der Waals surface area contributed by atoms with Crippen LogP contribution in [0.3, 0.4) is 0 Å². The van der Waals surface area contributed by atoms with Gasteiger partial charge in [-0.05, 0) is 49.2 Å². The standard InChI is InChI=1S/C25H36N4O3/c1-4-6-22-17-29(15-18(2)27-22)16-19-7-5-8-21(13-19)28-24-10-9-20(14-23(24)26)25(30)32-12-11-31-3/h5,7-10,13-14,18,22,27-28H,4,6,11-12,15-17,26H2,1-3H3. The van der Waals surface area contributed by atoms with Crippen LogP contribution in [0.4, 0.5) is 17.1 Å². The van der Waals surface area contributed by atoms with E-state index in [-0.39, 0.29) is 6.61 Å².